The summed E-state index contributed by atoms with van der Waals surface area (Å²) in [6, 6.07) is 8.38. The van der Waals surface area contributed by atoms with Crippen molar-refractivity contribution in [1.82, 2.24) is 25.0 Å². The van der Waals surface area contributed by atoms with Gasteiger partial charge >= 0.3 is 0 Å². The first-order chi connectivity index (χ1) is 17.4. The zero-order valence-electron chi connectivity index (χ0n) is 21.4. The Bertz CT molecular complexity index is 1170. The van der Waals surface area contributed by atoms with Gasteiger partial charge in [-0.05, 0) is 42.7 Å². The molecular formula is C26H35N5O5. The van der Waals surface area contributed by atoms with Crippen LogP contribution in [0.25, 0.3) is 0 Å². The van der Waals surface area contributed by atoms with Gasteiger partial charge in [0.1, 0.15) is 29.7 Å². The molecule has 2 N–H and O–H groups in total. The van der Waals surface area contributed by atoms with E-state index in [2.05, 4.69) is 38.8 Å². The third kappa shape index (κ3) is 6.06. The zero-order valence-corrected chi connectivity index (χ0v) is 21.4. The van der Waals surface area contributed by atoms with Gasteiger partial charge in [-0.25, -0.2) is 0 Å². The molecule has 1 aliphatic rings. The van der Waals surface area contributed by atoms with Crippen LogP contribution >= 0.6 is 0 Å². The fourth-order valence-electron chi connectivity index (χ4n) is 4.51. The normalized spacial score (nSPS) is 14.9. The van der Waals surface area contributed by atoms with Gasteiger partial charge in [0.25, 0.3) is 5.91 Å². The molecule has 0 spiro atoms. The molecule has 36 heavy (non-hydrogen) atoms. The summed E-state index contributed by atoms with van der Waals surface area (Å²) in [5, 5.41) is 22.4. The van der Waals surface area contributed by atoms with E-state index in [1.54, 1.807) is 38.5 Å². The topological polar surface area (TPSA) is 115 Å². The molecule has 0 bridgehead atoms. The van der Waals surface area contributed by atoms with Crippen molar-refractivity contribution in [1.29, 1.82) is 0 Å². The van der Waals surface area contributed by atoms with Crippen LogP contribution in [-0.4, -0.2) is 58.0 Å². The number of hydrogen-bond donors (Lipinski definition) is 2. The highest BCUT2D eigenvalue weighted by molar-refractivity contribution is 5.91. The number of phenolic OH excluding ortho intramolecular Hbond substituents is 1. The number of phenols is 1. The Hall–Kier alpha value is -3.37. The van der Waals surface area contributed by atoms with Crippen molar-refractivity contribution in [3.8, 4) is 11.5 Å². The number of nitrogens with zero attached hydrogens (tertiary/aromatic N) is 4. The Balaban J connectivity index is 1.48. The van der Waals surface area contributed by atoms with E-state index in [0.29, 0.717) is 31.4 Å². The van der Waals surface area contributed by atoms with E-state index >= 15 is 0 Å². The molecule has 0 aliphatic carbocycles. The number of carbonyl (C=O) groups excluding carboxylic acids is 1. The van der Waals surface area contributed by atoms with Crippen molar-refractivity contribution in [2.45, 2.75) is 52.4 Å². The van der Waals surface area contributed by atoms with E-state index in [9.17, 15) is 9.90 Å². The lowest BCUT2D eigenvalue weighted by molar-refractivity contribution is 0.0892. The van der Waals surface area contributed by atoms with Crippen LogP contribution in [0.1, 0.15) is 59.8 Å². The van der Waals surface area contributed by atoms with Gasteiger partial charge in [0.15, 0.2) is 11.6 Å². The monoisotopic (exact) mass is 497 g/mol. The summed E-state index contributed by atoms with van der Waals surface area (Å²) in [6.07, 6.45) is 1.44. The molecule has 1 aromatic carbocycles. The summed E-state index contributed by atoms with van der Waals surface area (Å²) in [5.74, 6) is 3.51. The number of ether oxygens (including phenoxy) is 2. The third-order valence-corrected chi connectivity index (χ3v) is 6.32. The molecule has 0 unspecified atom stereocenters. The van der Waals surface area contributed by atoms with Gasteiger partial charge in [-0.2, -0.15) is 0 Å². The number of nitrogens with one attached hydrogen (secondary N) is 1. The van der Waals surface area contributed by atoms with Crippen molar-refractivity contribution in [2.24, 2.45) is 5.92 Å². The summed E-state index contributed by atoms with van der Waals surface area (Å²) in [6.45, 7) is 7.37. The summed E-state index contributed by atoms with van der Waals surface area (Å²) in [4.78, 5) is 15.3. The molecule has 1 aliphatic heterocycles. The molecule has 1 amide bonds. The largest absolute Gasteiger partial charge is 0.508 e. The summed E-state index contributed by atoms with van der Waals surface area (Å²) in [5.41, 5.74) is 0.823. The first kappa shape index (κ1) is 25.7. The molecule has 0 fully saturated rings. The molecule has 0 saturated carbocycles. The van der Waals surface area contributed by atoms with Gasteiger partial charge in [-0.3, -0.25) is 9.69 Å². The first-order valence-electron chi connectivity index (χ1n) is 12.3. The second-order valence-electron chi connectivity index (χ2n) is 9.50. The second-order valence-corrected chi connectivity index (χ2v) is 9.50. The maximum atomic E-state index is 13.0. The number of methoxy groups -OCH3 is 2. The quantitative estimate of drug-likeness (QED) is 0.438. The number of hydrogen-bond acceptors (Lipinski definition) is 8. The smallest absolute Gasteiger partial charge is 0.287 e. The summed E-state index contributed by atoms with van der Waals surface area (Å²) in [7, 11) is 3.20. The average molecular weight is 498 g/mol. The summed E-state index contributed by atoms with van der Waals surface area (Å²) >= 11 is 0. The standard InChI is InChI=1S/C26H35N5O5/c1-17(2)13-21(27-26(33)23-8-6-20(36-23)16-34-3)25-29-28-24-9-10-30(11-12-31(24)25)15-18-14-19(35-4)5-7-22(18)32/h5-8,14,17,21,32H,9-13,15-16H2,1-4H3,(H,27,33)/t21-/m0/s1. The minimum atomic E-state index is -0.302. The summed E-state index contributed by atoms with van der Waals surface area (Å²) < 4.78 is 18.1. The molecule has 2 aromatic heterocycles. The number of aromatic nitrogens is 3. The Labute approximate surface area is 211 Å². The fourth-order valence-corrected chi connectivity index (χ4v) is 4.51. The average Bonchev–Trinajstić information content (AvgIpc) is 3.44. The highest BCUT2D eigenvalue weighted by atomic mass is 16.5. The van der Waals surface area contributed by atoms with Gasteiger partial charge in [-0.15, -0.1) is 10.2 Å². The Morgan fingerprint density at radius 2 is 2.00 bits per heavy atom. The van der Waals surface area contributed by atoms with Crippen LogP contribution in [0.4, 0.5) is 0 Å². The number of benzene rings is 1. The molecule has 4 rings (SSSR count). The van der Waals surface area contributed by atoms with E-state index in [-0.39, 0.29) is 23.5 Å². The van der Waals surface area contributed by atoms with Crippen molar-refractivity contribution >= 4 is 5.91 Å². The molecular weight excluding hydrogens is 462 g/mol. The van der Waals surface area contributed by atoms with Crippen LogP contribution in [0.3, 0.4) is 0 Å². The van der Waals surface area contributed by atoms with Crippen molar-refractivity contribution < 1.29 is 23.8 Å². The molecule has 3 aromatic rings. The van der Waals surface area contributed by atoms with E-state index < -0.39 is 0 Å². The number of furan rings is 1. The highest BCUT2D eigenvalue weighted by Crippen LogP contribution is 2.26. The molecule has 0 saturated heterocycles. The van der Waals surface area contributed by atoms with Crippen LogP contribution < -0.4 is 10.1 Å². The maximum Gasteiger partial charge on any atom is 0.287 e. The van der Waals surface area contributed by atoms with Gasteiger partial charge < -0.3 is 28.9 Å². The van der Waals surface area contributed by atoms with Gasteiger partial charge in [0.2, 0.25) is 0 Å². The lowest BCUT2D eigenvalue weighted by atomic mass is 10.0. The number of fused-ring (bicyclic) bond motifs is 1. The van der Waals surface area contributed by atoms with E-state index in [1.165, 1.54) is 0 Å². The molecule has 0 radical (unpaired) electrons. The van der Waals surface area contributed by atoms with E-state index in [4.69, 9.17) is 13.9 Å². The van der Waals surface area contributed by atoms with E-state index in [0.717, 1.165) is 48.9 Å². The third-order valence-electron chi connectivity index (χ3n) is 6.32. The minimum Gasteiger partial charge on any atom is -0.508 e. The number of aromatic hydroxyl groups is 1. The van der Waals surface area contributed by atoms with Crippen LogP contribution in [0.2, 0.25) is 0 Å². The van der Waals surface area contributed by atoms with Gasteiger partial charge in [-0.1, -0.05) is 13.8 Å². The van der Waals surface area contributed by atoms with E-state index in [1.807, 2.05) is 6.07 Å². The first-order valence-corrected chi connectivity index (χ1v) is 12.3. The van der Waals surface area contributed by atoms with Crippen molar-refractivity contribution in [2.75, 3.05) is 27.3 Å². The van der Waals surface area contributed by atoms with Gasteiger partial charge in [0.05, 0.1) is 13.2 Å². The number of rotatable bonds is 10. The fraction of sp³-hybridized carbons (Fsp3) is 0.500. The van der Waals surface area contributed by atoms with Crippen LogP contribution in [0.5, 0.6) is 11.5 Å². The minimum absolute atomic E-state index is 0.246. The Kier molecular flexibility index (Phi) is 8.27. The Morgan fingerprint density at radius 1 is 1.17 bits per heavy atom. The van der Waals surface area contributed by atoms with Crippen molar-refractivity contribution in [3.05, 3.63) is 59.1 Å². The van der Waals surface area contributed by atoms with Crippen LogP contribution in [0.15, 0.2) is 34.7 Å². The molecule has 10 nitrogen and oxygen atoms in total. The molecule has 1 atom stereocenters. The lowest BCUT2D eigenvalue weighted by Gasteiger charge is -2.22. The number of amides is 1. The predicted molar refractivity (Wildman–Crippen MR) is 133 cm³/mol. The maximum absolute atomic E-state index is 13.0. The van der Waals surface area contributed by atoms with Crippen molar-refractivity contribution in [3.63, 3.8) is 0 Å². The molecule has 3 heterocycles. The SMILES string of the molecule is COCc1ccc(C(=O)N[C@@H](CC(C)C)c2nnc3n2CCN(Cc2cc(OC)ccc2O)CC3)o1. The van der Waals surface area contributed by atoms with Crippen LogP contribution in [-0.2, 0) is 30.9 Å². The van der Waals surface area contributed by atoms with Gasteiger partial charge in [0, 0.05) is 45.3 Å². The zero-order chi connectivity index (χ0) is 25.7. The Morgan fingerprint density at radius 3 is 2.75 bits per heavy atom. The highest BCUT2D eigenvalue weighted by Gasteiger charge is 2.27. The molecule has 194 valence electrons. The second kappa shape index (κ2) is 11.6. The predicted octanol–water partition coefficient (Wildman–Crippen LogP) is 3.31. The lowest BCUT2D eigenvalue weighted by Crippen LogP contribution is -2.32. The number of carbonyl (C=O) groups is 1. The van der Waals surface area contributed by atoms with Crippen LogP contribution in [0, 0.1) is 5.92 Å². The molecule has 10 heteroatoms.